The monoisotopic (exact) mass is 347 g/mol. The van der Waals surface area contributed by atoms with E-state index < -0.39 is 0 Å². The molecule has 3 rings (SSSR count). The molecule has 2 aromatic heterocycles. The molecule has 0 spiro atoms. The van der Waals surface area contributed by atoms with Crippen molar-refractivity contribution in [3.8, 4) is 11.5 Å². The third-order valence-electron chi connectivity index (χ3n) is 3.38. The van der Waals surface area contributed by atoms with E-state index in [1.54, 1.807) is 25.5 Å². The fourth-order valence-electron chi connectivity index (χ4n) is 1.91. The number of amides is 2. The van der Waals surface area contributed by atoms with E-state index in [0.717, 1.165) is 30.2 Å². The van der Waals surface area contributed by atoms with Gasteiger partial charge in [0, 0.05) is 25.5 Å². The highest BCUT2D eigenvalue weighted by Crippen LogP contribution is 2.22. The molecule has 1 saturated carbocycles. The lowest BCUT2D eigenvalue weighted by Crippen LogP contribution is -2.39. The van der Waals surface area contributed by atoms with Gasteiger partial charge in [0.15, 0.2) is 0 Å². The maximum atomic E-state index is 12.1. The largest absolute Gasteiger partial charge is 0.411 e. The van der Waals surface area contributed by atoms with Crippen LogP contribution in [0.5, 0.6) is 0 Å². The second-order valence-electron chi connectivity index (χ2n) is 5.50. The van der Waals surface area contributed by atoms with E-state index in [1.807, 2.05) is 6.07 Å². The summed E-state index contributed by atoms with van der Waals surface area (Å²) in [6.07, 6.45) is 5.33. The van der Waals surface area contributed by atoms with Crippen LogP contribution in [0.3, 0.4) is 0 Å². The van der Waals surface area contributed by atoms with Crippen LogP contribution in [0.4, 0.5) is 0 Å². The van der Waals surface area contributed by atoms with Crippen LogP contribution in [0.1, 0.15) is 12.8 Å². The zero-order valence-corrected chi connectivity index (χ0v) is 14.0. The first kappa shape index (κ1) is 16.4. The van der Waals surface area contributed by atoms with Crippen LogP contribution in [0.15, 0.2) is 34.2 Å². The minimum absolute atomic E-state index is 0.0562. The Morgan fingerprint density at radius 3 is 2.96 bits per heavy atom. The predicted octanol–water partition coefficient (Wildman–Crippen LogP) is 0.961. The van der Waals surface area contributed by atoms with Crippen molar-refractivity contribution in [1.82, 2.24) is 25.4 Å². The van der Waals surface area contributed by atoms with Gasteiger partial charge in [0.2, 0.25) is 17.7 Å². The molecule has 126 valence electrons. The fourth-order valence-corrected chi connectivity index (χ4v) is 2.62. The van der Waals surface area contributed by atoms with E-state index in [-0.39, 0.29) is 24.1 Å². The summed E-state index contributed by atoms with van der Waals surface area (Å²) < 4.78 is 5.49. The first-order chi connectivity index (χ1) is 11.6. The third-order valence-corrected chi connectivity index (χ3v) is 4.19. The molecule has 0 saturated heterocycles. The molecule has 0 aliphatic heterocycles. The molecule has 8 nitrogen and oxygen atoms in total. The van der Waals surface area contributed by atoms with Gasteiger partial charge >= 0.3 is 0 Å². The zero-order chi connectivity index (χ0) is 16.9. The molecule has 0 radical (unpaired) electrons. The average molecular weight is 347 g/mol. The van der Waals surface area contributed by atoms with Gasteiger partial charge in [0.1, 0.15) is 0 Å². The molecule has 2 heterocycles. The van der Waals surface area contributed by atoms with Gasteiger partial charge in [0.25, 0.3) is 5.22 Å². The lowest BCUT2D eigenvalue weighted by Gasteiger charge is -2.15. The number of hydrogen-bond acceptors (Lipinski definition) is 7. The molecule has 2 amide bonds. The van der Waals surface area contributed by atoms with Gasteiger partial charge in [-0.1, -0.05) is 11.8 Å². The Bertz CT molecular complexity index is 717. The second kappa shape index (κ2) is 7.43. The molecule has 0 bridgehead atoms. The fraction of sp³-hybridized carbons (Fsp3) is 0.400. The molecule has 1 fully saturated rings. The third kappa shape index (κ3) is 4.54. The minimum atomic E-state index is -0.174. The molecule has 2 aromatic rings. The topological polar surface area (TPSA) is 101 Å². The number of nitrogens with one attached hydrogen (secondary N) is 1. The number of hydrogen-bond donors (Lipinski definition) is 1. The average Bonchev–Trinajstić information content (AvgIpc) is 3.26. The van der Waals surface area contributed by atoms with E-state index in [9.17, 15) is 9.59 Å². The number of carbonyl (C=O) groups is 2. The molecule has 24 heavy (non-hydrogen) atoms. The zero-order valence-electron chi connectivity index (χ0n) is 13.1. The van der Waals surface area contributed by atoms with Crippen LogP contribution < -0.4 is 5.32 Å². The van der Waals surface area contributed by atoms with Crippen LogP contribution >= 0.6 is 11.8 Å². The van der Waals surface area contributed by atoms with Gasteiger partial charge in [-0.3, -0.25) is 14.6 Å². The summed E-state index contributed by atoms with van der Waals surface area (Å²) in [5.41, 5.74) is 0.719. The summed E-state index contributed by atoms with van der Waals surface area (Å²) in [5.74, 6) is 0.180. The Labute approximate surface area is 143 Å². The number of carbonyl (C=O) groups excluding carboxylic acids is 2. The highest BCUT2D eigenvalue weighted by molar-refractivity contribution is 7.99. The van der Waals surface area contributed by atoms with Crippen molar-refractivity contribution in [2.75, 3.05) is 19.3 Å². The Balaban J connectivity index is 1.47. The normalized spacial score (nSPS) is 13.5. The Hall–Kier alpha value is -2.42. The van der Waals surface area contributed by atoms with Crippen molar-refractivity contribution in [2.24, 2.45) is 0 Å². The number of thioether (sulfide) groups is 1. The standard InChI is InChI=1S/C15H17N5O3S/c1-20(8-12(21)17-11-4-5-11)13(22)9-24-15-19-18-14(23-15)10-3-2-6-16-7-10/h2-3,6-7,11H,4-5,8-9H2,1H3,(H,17,21). The molecular weight excluding hydrogens is 330 g/mol. The van der Waals surface area contributed by atoms with Gasteiger partial charge in [-0.25, -0.2) is 0 Å². The van der Waals surface area contributed by atoms with Crippen LogP contribution in [0.25, 0.3) is 11.5 Å². The lowest BCUT2D eigenvalue weighted by atomic mass is 10.3. The molecular formula is C15H17N5O3S. The first-order valence-electron chi connectivity index (χ1n) is 7.52. The quantitative estimate of drug-likeness (QED) is 0.744. The van der Waals surface area contributed by atoms with Crippen LogP contribution in [0.2, 0.25) is 0 Å². The van der Waals surface area contributed by atoms with Crippen molar-refractivity contribution >= 4 is 23.6 Å². The second-order valence-corrected chi connectivity index (χ2v) is 6.42. The van der Waals surface area contributed by atoms with Crippen molar-refractivity contribution in [1.29, 1.82) is 0 Å². The smallest absolute Gasteiger partial charge is 0.277 e. The molecule has 0 unspecified atom stereocenters. The van der Waals surface area contributed by atoms with Crippen molar-refractivity contribution < 1.29 is 14.0 Å². The number of nitrogens with zero attached hydrogens (tertiary/aromatic N) is 4. The Morgan fingerprint density at radius 2 is 2.25 bits per heavy atom. The summed E-state index contributed by atoms with van der Waals surface area (Å²) in [7, 11) is 1.60. The SMILES string of the molecule is CN(CC(=O)NC1CC1)C(=O)CSc1nnc(-c2cccnc2)o1. The van der Waals surface area contributed by atoms with E-state index >= 15 is 0 Å². The number of rotatable bonds is 7. The van der Waals surface area contributed by atoms with Gasteiger partial charge in [-0.2, -0.15) is 0 Å². The summed E-state index contributed by atoms with van der Waals surface area (Å²) in [6, 6.07) is 3.88. The van der Waals surface area contributed by atoms with Crippen molar-refractivity contribution in [3.63, 3.8) is 0 Å². The predicted molar refractivity (Wildman–Crippen MR) is 87.1 cm³/mol. The van der Waals surface area contributed by atoms with E-state index in [4.69, 9.17) is 4.42 Å². The van der Waals surface area contributed by atoms with Crippen molar-refractivity contribution in [2.45, 2.75) is 24.1 Å². The molecule has 1 N–H and O–H groups in total. The Kier molecular flexibility index (Phi) is 5.09. The van der Waals surface area contributed by atoms with Crippen LogP contribution in [-0.2, 0) is 9.59 Å². The highest BCUT2D eigenvalue weighted by atomic mass is 32.2. The molecule has 9 heteroatoms. The van der Waals surface area contributed by atoms with Gasteiger partial charge in [-0.05, 0) is 25.0 Å². The molecule has 1 aliphatic rings. The maximum Gasteiger partial charge on any atom is 0.277 e. The van der Waals surface area contributed by atoms with E-state index in [2.05, 4.69) is 20.5 Å². The Morgan fingerprint density at radius 1 is 1.42 bits per heavy atom. The van der Waals surface area contributed by atoms with Crippen LogP contribution in [-0.4, -0.2) is 57.3 Å². The van der Waals surface area contributed by atoms with Gasteiger partial charge < -0.3 is 14.6 Å². The minimum Gasteiger partial charge on any atom is -0.411 e. The summed E-state index contributed by atoms with van der Waals surface area (Å²) in [4.78, 5) is 29.1. The number of likely N-dealkylation sites (N-methyl/N-ethyl adjacent to an activating group) is 1. The summed E-state index contributed by atoms with van der Waals surface area (Å²) >= 11 is 1.14. The summed E-state index contributed by atoms with van der Waals surface area (Å²) in [6.45, 7) is 0.0562. The maximum absolute atomic E-state index is 12.1. The molecule has 0 atom stereocenters. The summed E-state index contributed by atoms with van der Waals surface area (Å²) in [5, 5.41) is 11.0. The molecule has 0 aromatic carbocycles. The van der Waals surface area contributed by atoms with E-state index in [1.165, 1.54) is 4.90 Å². The van der Waals surface area contributed by atoms with E-state index in [0.29, 0.717) is 17.2 Å². The van der Waals surface area contributed by atoms with Crippen LogP contribution in [0, 0.1) is 0 Å². The first-order valence-corrected chi connectivity index (χ1v) is 8.50. The van der Waals surface area contributed by atoms with Crippen molar-refractivity contribution in [3.05, 3.63) is 24.5 Å². The highest BCUT2D eigenvalue weighted by Gasteiger charge is 2.24. The number of pyridine rings is 1. The van der Waals surface area contributed by atoms with Gasteiger partial charge in [-0.15, -0.1) is 10.2 Å². The van der Waals surface area contributed by atoms with Gasteiger partial charge in [0.05, 0.1) is 17.9 Å². The number of aromatic nitrogens is 3. The molecule has 1 aliphatic carbocycles. The lowest BCUT2D eigenvalue weighted by molar-refractivity contribution is -0.132.